The van der Waals surface area contributed by atoms with Crippen LogP contribution >= 0.6 is 35.6 Å². The zero-order valence-electron chi connectivity index (χ0n) is 17.1. The standard InChI is InChI=1S/C23H21ClN2O3S2/c1-4-9-26-22(28)20(31-23(26)30)12-16-6-8-19(17(24)11-16)29-13-21(27)25-18-7-5-14(2)10-15(18)3/h4-8,10-12H,1,9,13H2,2-3H3,(H,25,27)/b20-12-. The molecule has 0 unspecified atom stereocenters. The van der Waals surface area contributed by atoms with E-state index in [1.54, 1.807) is 30.4 Å². The van der Waals surface area contributed by atoms with Gasteiger partial charge in [0, 0.05) is 12.2 Å². The Kier molecular flexibility index (Phi) is 7.54. The van der Waals surface area contributed by atoms with Gasteiger partial charge in [0.15, 0.2) is 6.61 Å². The summed E-state index contributed by atoms with van der Waals surface area (Å²) in [5, 5.41) is 3.17. The molecule has 0 aromatic heterocycles. The molecule has 3 rings (SSSR count). The molecule has 1 saturated heterocycles. The highest BCUT2D eigenvalue weighted by Gasteiger charge is 2.30. The number of nitrogens with one attached hydrogen (secondary N) is 1. The predicted molar refractivity (Wildman–Crippen MR) is 132 cm³/mol. The van der Waals surface area contributed by atoms with E-state index in [-0.39, 0.29) is 18.4 Å². The lowest BCUT2D eigenvalue weighted by molar-refractivity contribution is -0.121. The molecule has 31 heavy (non-hydrogen) atoms. The van der Waals surface area contributed by atoms with Crippen molar-refractivity contribution < 1.29 is 14.3 Å². The highest BCUT2D eigenvalue weighted by Crippen LogP contribution is 2.34. The molecule has 5 nitrogen and oxygen atoms in total. The van der Waals surface area contributed by atoms with Crippen LogP contribution in [-0.2, 0) is 9.59 Å². The molecule has 160 valence electrons. The number of carbonyl (C=O) groups is 2. The number of thiocarbonyl (C=S) groups is 1. The van der Waals surface area contributed by atoms with Crippen LogP contribution in [0.4, 0.5) is 5.69 Å². The second-order valence-corrected chi connectivity index (χ2v) is 9.01. The highest BCUT2D eigenvalue weighted by atomic mass is 35.5. The van der Waals surface area contributed by atoms with Crippen molar-refractivity contribution in [2.45, 2.75) is 13.8 Å². The Morgan fingerprint density at radius 3 is 2.74 bits per heavy atom. The van der Waals surface area contributed by atoms with Crippen molar-refractivity contribution in [3.8, 4) is 5.75 Å². The van der Waals surface area contributed by atoms with Gasteiger partial charge in [0.1, 0.15) is 10.1 Å². The number of anilines is 1. The summed E-state index contributed by atoms with van der Waals surface area (Å²) >= 11 is 12.8. The van der Waals surface area contributed by atoms with E-state index >= 15 is 0 Å². The first-order chi connectivity index (χ1) is 14.8. The summed E-state index contributed by atoms with van der Waals surface area (Å²) in [5.74, 6) is -0.0544. The number of ether oxygens (including phenoxy) is 1. The Labute approximate surface area is 196 Å². The minimum Gasteiger partial charge on any atom is -0.482 e. The first-order valence-corrected chi connectivity index (χ1v) is 11.0. The van der Waals surface area contributed by atoms with Gasteiger partial charge in [-0.05, 0) is 49.2 Å². The van der Waals surface area contributed by atoms with Crippen molar-refractivity contribution in [1.82, 2.24) is 4.90 Å². The van der Waals surface area contributed by atoms with Gasteiger partial charge in [0.2, 0.25) is 0 Å². The summed E-state index contributed by atoms with van der Waals surface area (Å²) < 4.78 is 6.07. The number of hydrogen-bond donors (Lipinski definition) is 1. The smallest absolute Gasteiger partial charge is 0.266 e. The average molecular weight is 473 g/mol. The first-order valence-electron chi connectivity index (χ1n) is 9.44. The number of rotatable bonds is 7. The van der Waals surface area contributed by atoms with Gasteiger partial charge in [-0.2, -0.15) is 0 Å². The number of halogens is 1. The zero-order chi connectivity index (χ0) is 22.5. The van der Waals surface area contributed by atoms with Gasteiger partial charge in [-0.15, -0.1) is 6.58 Å². The molecule has 0 spiro atoms. The normalized spacial score (nSPS) is 14.8. The second kappa shape index (κ2) is 10.1. The van der Waals surface area contributed by atoms with E-state index in [2.05, 4.69) is 11.9 Å². The van der Waals surface area contributed by atoms with Gasteiger partial charge in [0.05, 0.1) is 9.93 Å². The Hall–Kier alpha value is -2.61. The van der Waals surface area contributed by atoms with Crippen molar-refractivity contribution in [1.29, 1.82) is 0 Å². The summed E-state index contributed by atoms with van der Waals surface area (Å²) in [6, 6.07) is 10.9. The lowest BCUT2D eigenvalue weighted by atomic mass is 10.1. The zero-order valence-corrected chi connectivity index (χ0v) is 19.5. The molecule has 0 bridgehead atoms. The molecule has 1 aliphatic heterocycles. The van der Waals surface area contributed by atoms with Crippen LogP contribution in [0.2, 0.25) is 5.02 Å². The Balaban J connectivity index is 1.63. The number of aryl methyl sites for hydroxylation is 2. The van der Waals surface area contributed by atoms with Crippen LogP contribution in [0.3, 0.4) is 0 Å². The van der Waals surface area contributed by atoms with Crippen molar-refractivity contribution in [3.63, 3.8) is 0 Å². The molecular formula is C23H21ClN2O3S2. The Bertz CT molecular complexity index is 1100. The third-order valence-corrected chi connectivity index (χ3v) is 6.13. The summed E-state index contributed by atoms with van der Waals surface area (Å²) in [5.41, 5.74) is 3.58. The molecule has 0 radical (unpaired) electrons. The van der Waals surface area contributed by atoms with Crippen molar-refractivity contribution in [3.05, 3.63) is 75.7 Å². The molecule has 8 heteroatoms. The maximum atomic E-state index is 12.4. The van der Waals surface area contributed by atoms with Gasteiger partial charge in [-0.1, -0.05) is 65.4 Å². The lowest BCUT2D eigenvalue weighted by Crippen LogP contribution is -2.27. The van der Waals surface area contributed by atoms with Gasteiger partial charge in [-0.25, -0.2) is 0 Å². The van der Waals surface area contributed by atoms with E-state index in [1.165, 1.54) is 16.7 Å². The van der Waals surface area contributed by atoms with Crippen LogP contribution in [0.5, 0.6) is 5.75 Å². The number of carbonyl (C=O) groups excluding carboxylic acids is 2. The third kappa shape index (κ3) is 5.76. The molecule has 0 aliphatic carbocycles. The summed E-state index contributed by atoms with van der Waals surface area (Å²) in [7, 11) is 0. The van der Waals surface area contributed by atoms with Crippen LogP contribution in [0.15, 0.2) is 54.0 Å². The van der Waals surface area contributed by atoms with Crippen molar-refractivity contribution in [2.75, 3.05) is 18.5 Å². The molecule has 1 aliphatic rings. The molecule has 2 amide bonds. The summed E-state index contributed by atoms with van der Waals surface area (Å²) in [6.07, 6.45) is 3.36. The van der Waals surface area contributed by atoms with E-state index in [0.717, 1.165) is 22.4 Å². The van der Waals surface area contributed by atoms with Crippen LogP contribution in [0, 0.1) is 13.8 Å². The molecule has 2 aromatic rings. The SMILES string of the molecule is C=CCN1C(=O)/C(=C/c2ccc(OCC(=O)Nc3ccc(C)cc3C)c(Cl)c2)SC1=S. The van der Waals surface area contributed by atoms with E-state index in [9.17, 15) is 9.59 Å². The topological polar surface area (TPSA) is 58.6 Å². The fourth-order valence-electron chi connectivity index (χ4n) is 2.95. The largest absolute Gasteiger partial charge is 0.482 e. The first kappa shape index (κ1) is 23.1. The van der Waals surface area contributed by atoms with E-state index in [0.29, 0.717) is 26.5 Å². The molecule has 0 saturated carbocycles. The maximum absolute atomic E-state index is 12.4. The predicted octanol–water partition coefficient (Wildman–Crippen LogP) is 5.36. The van der Waals surface area contributed by atoms with Gasteiger partial charge in [-0.3, -0.25) is 14.5 Å². The Morgan fingerprint density at radius 1 is 1.29 bits per heavy atom. The minimum absolute atomic E-state index is 0.158. The fraction of sp³-hybridized carbons (Fsp3) is 0.174. The summed E-state index contributed by atoms with van der Waals surface area (Å²) in [4.78, 5) is 26.7. The van der Waals surface area contributed by atoms with Gasteiger partial charge >= 0.3 is 0 Å². The fourth-order valence-corrected chi connectivity index (χ4v) is 4.46. The lowest BCUT2D eigenvalue weighted by Gasteiger charge is -2.11. The van der Waals surface area contributed by atoms with Gasteiger partial charge in [0.25, 0.3) is 11.8 Å². The molecule has 0 atom stereocenters. The third-order valence-electron chi connectivity index (χ3n) is 4.45. The Morgan fingerprint density at radius 2 is 2.06 bits per heavy atom. The van der Waals surface area contributed by atoms with E-state index in [1.807, 2.05) is 32.0 Å². The van der Waals surface area contributed by atoms with Crippen molar-refractivity contribution >= 4 is 63.5 Å². The van der Waals surface area contributed by atoms with Crippen LogP contribution in [-0.4, -0.2) is 34.2 Å². The molecule has 2 aromatic carbocycles. The molecule has 1 fully saturated rings. The second-order valence-electron chi connectivity index (χ2n) is 6.93. The quantitative estimate of drug-likeness (QED) is 0.334. The number of nitrogens with zero attached hydrogens (tertiary/aromatic N) is 1. The van der Waals surface area contributed by atoms with E-state index in [4.69, 9.17) is 28.6 Å². The van der Waals surface area contributed by atoms with Crippen LogP contribution in [0.25, 0.3) is 6.08 Å². The summed E-state index contributed by atoms with van der Waals surface area (Å²) in [6.45, 7) is 7.77. The van der Waals surface area contributed by atoms with Gasteiger partial charge < -0.3 is 10.1 Å². The maximum Gasteiger partial charge on any atom is 0.266 e. The molecular weight excluding hydrogens is 452 g/mol. The minimum atomic E-state index is -0.280. The van der Waals surface area contributed by atoms with Crippen LogP contribution < -0.4 is 10.1 Å². The highest BCUT2D eigenvalue weighted by molar-refractivity contribution is 8.26. The number of benzene rings is 2. The number of amides is 2. The molecule has 1 heterocycles. The van der Waals surface area contributed by atoms with E-state index < -0.39 is 0 Å². The number of thioether (sulfide) groups is 1. The molecule has 1 N–H and O–H groups in total. The average Bonchev–Trinajstić information content (AvgIpc) is 2.97. The number of hydrogen-bond acceptors (Lipinski definition) is 5. The van der Waals surface area contributed by atoms with Crippen LogP contribution in [0.1, 0.15) is 16.7 Å². The van der Waals surface area contributed by atoms with Crippen molar-refractivity contribution in [2.24, 2.45) is 0 Å². The monoisotopic (exact) mass is 472 g/mol.